The lowest BCUT2D eigenvalue weighted by atomic mass is 9.89. The second-order valence-corrected chi connectivity index (χ2v) is 9.48. The van der Waals surface area contributed by atoms with Gasteiger partial charge in [0, 0.05) is 25.2 Å². The van der Waals surface area contributed by atoms with Crippen LogP contribution in [0, 0.1) is 0 Å². The highest BCUT2D eigenvalue weighted by atomic mass is 19.4. The lowest BCUT2D eigenvalue weighted by Crippen LogP contribution is -2.70. The Hall–Kier alpha value is -2.78. The summed E-state index contributed by atoms with van der Waals surface area (Å²) in [7, 11) is 0. The fraction of sp³-hybridized carbons (Fsp3) is 0.609. The number of nitrogens with one attached hydrogen (secondary N) is 1. The van der Waals surface area contributed by atoms with E-state index in [0.29, 0.717) is 18.5 Å². The van der Waals surface area contributed by atoms with Gasteiger partial charge in [-0.25, -0.2) is 4.79 Å². The number of nitrogens with zero attached hydrogens (tertiary/aromatic N) is 3. The quantitative estimate of drug-likeness (QED) is 0.742. The molecule has 1 spiro atoms. The van der Waals surface area contributed by atoms with Crippen LogP contribution < -0.4 is 5.32 Å². The summed E-state index contributed by atoms with van der Waals surface area (Å²) in [5, 5.41) is 2.98. The summed E-state index contributed by atoms with van der Waals surface area (Å²) >= 11 is 0. The maximum Gasteiger partial charge on any atom is 0.416 e. The van der Waals surface area contributed by atoms with Crippen molar-refractivity contribution in [2.75, 3.05) is 19.6 Å². The normalized spacial score (nSPS) is 24.1. The van der Waals surface area contributed by atoms with E-state index < -0.39 is 17.3 Å². The molecule has 180 valence electrons. The van der Waals surface area contributed by atoms with Gasteiger partial charge < -0.3 is 20.0 Å². The van der Waals surface area contributed by atoms with Crippen molar-refractivity contribution < 1.29 is 27.6 Å². The molecule has 1 aromatic rings. The van der Waals surface area contributed by atoms with Crippen LogP contribution in [0.4, 0.5) is 18.0 Å². The number of carbonyl (C=O) groups is 3. The largest absolute Gasteiger partial charge is 0.416 e. The van der Waals surface area contributed by atoms with E-state index in [2.05, 4.69) is 5.32 Å². The minimum Gasteiger partial charge on any atom is -0.335 e. The lowest BCUT2D eigenvalue weighted by Gasteiger charge is -2.48. The lowest BCUT2D eigenvalue weighted by molar-refractivity contribution is -0.166. The molecule has 2 aliphatic heterocycles. The van der Waals surface area contributed by atoms with Crippen LogP contribution in [0.5, 0.6) is 0 Å². The zero-order valence-electron chi connectivity index (χ0n) is 18.8. The number of hydrogen-bond donors (Lipinski definition) is 1. The third-order valence-corrected chi connectivity index (χ3v) is 7.00. The average Bonchev–Trinajstić information content (AvgIpc) is 3.16. The summed E-state index contributed by atoms with van der Waals surface area (Å²) in [5.74, 6) is -0.493. The molecule has 1 aliphatic carbocycles. The Kier molecular flexibility index (Phi) is 6.05. The highest BCUT2D eigenvalue weighted by Crippen LogP contribution is 2.36. The molecule has 1 aromatic carbocycles. The number of likely N-dealkylation sites (tertiary alicyclic amines) is 1. The topological polar surface area (TPSA) is 73.0 Å². The standard InChI is InChI=1S/C23H29F3N4O3/c1-15(2)29-13-19(31)30(12-16-6-8-17(9-7-16)23(24,25)26)22(20(29)32)10-11-28(14-22)21(33)27-18-4-3-5-18/h6-9,15,18H,3-5,10-14H2,1-2H3,(H,27,33). The van der Waals surface area contributed by atoms with Crippen LogP contribution in [-0.2, 0) is 22.3 Å². The molecule has 1 saturated carbocycles. The van der Waals surface area contributed by atoms with Crippen molar-refractivity contribution in [2.24, 2.45) is 0 Å². The Labute approximate surface area is 190 Å². The van der Waals surface area contributed by atoms with Gasteiger partial charge in [-0.3, -0.25) is 9.59 Å². The van der Waals surface area contributed by atoms with E-state index in [0.717, 1.165) is 31.4 Å². The van der Waals surface area contributed by atoms with E-state index >= 15 is 0 Å². The van der Waals surface area contributed by atoms with Gasteiger partial charge in [0.25, 0.3) is 5.91 Å². The number of benzene rings is 1. The molecule has 0 radical (unpaired) electrons. The predicted molar refractivity (Wildman–Crippen MR) is 114 cm³/mol. The Morgan fingerprint density at radius 2 is 1.85 bits per heavy atom. The van der Waals surface area contributed by atoms with Crippen LogP contribution >= 0.6 is 0 Å². The minimum absolute atomic E-state index is 0.00668. The molecular weight excluding hydrogens is 437 g/mol. The Bertz CT molecular complexity index is 930. The number of piperazine rings is 1. The molecule has 0 aromatic heterocycles. The first-order valence-corrected chi connectivity index (χ1v) is 11.3. The second-order valence-electron chi connectivity index (χ2n) is 9.48. The summed E-state index contributed by atoms with van der Waals surface area (Å²) in [5.41, 5.74) is -1.49. The molecule has 1 N–H and O–H groups in total. The van der Waals surface area contributed by atoms with Gasteiger partial charge in [0.1, 0.15) is 12.1 Å². The number of hydrogen-bond acceptors (Lipinski definition) is 3. The van der Waals surface area contributed by atoms with Gasteiger partial charge in [0.15, 0.2) is 0 Å². The number of rotatable bonds is 4. The molecule has 7 nitrogen and oxygen atoms in total. The summed E-state index contributed by atoms with van der Waals surface area (Å²) in [6.45, 7) is 3.98. The molecule has 1 atom stereocenters. The van der Waals surface area contributed by atoms with E-state index in [-0.39, 0.29) is 49.6 Å². The number of amides is 4. The fourth-order valence-corrected chi connectivity index (χ4v) is 4.74. The highest BCUT2D eigenvalue weighted by molar-refractivity contribution is 5.99. The molecule has 3 aliphatic rings. The number of halogens is 3. The van der Waals surface area contributed by atoms with Gasteiger partial charge in [-0.05, 0) is 57.2 Å². The Balaban J connectivity index is 1.59. The van der Waals surface area contributed by atoms with E-state index in [9.17, 15) is 27.6 Å². The first-order valence-electron chi connectivity index (χ1n) is 11.3. The smallest absolute Gasteiger partial charge is 0.335 e. The van der Waals surface area contributed by atoms with Crippen LogP contribution in [0.1, 0.15) is 50.7 Å². The van der Waals surface area contributed by atoms with E-state index in [1.165, 1.54) is 21.9 Å². The van der Waals surface area contributed by atoms with Gasteiger partial charge in [-0.2, -0.15) is 13.2 Å². The fourth-order valence-electron chi connectivity index (χ4n) is 4.74. The van der Waals surface area contributed by atoms with Gasteiger partial charge in [0.2, 0.25) is 5.91 Å². The van der Waals surface area contributed by atoms with Crippen molar-refractivity contribution in [1.82, 2.24) is 20.0 Å². The Morgan fingerprint density at radius 1 is 1.18 bits per heavy atom. The molecule has 0 bridgehead atoms. The van der Waals surface area contributed by atoms with Crippen molar-refractivity contribution in [2.45, 2.75) is 69.9 Å². The van der Waals surface area contributed by atoms with Crippen molar-refractivity contribution in [3.63, 3.8) is 0 Å². The highest BCUT2D eigenvalue weighted by Gasteiger charge is 2.57. The van der Waals surface area contributed by atoms with E-state index in [4.69, 9.17) is 0 Å². The first kappa shape index (κ1) is 23.4. The van der Waals surface area contributed by atoms with E-state index in [1.54, 1.807) is 4.90 Å². The molecule has 2 heterocycles. The van der Waals surface area contributed by atoms with Crippen LogP contribution in [0.15, 0.2) is 24.3 Å². The number of carbonyl (C=O) groups excluding carboxylic acids is 3. The zero-order valence-corrected chi connectivity index (χ0v) is 18.8. The maximum atomic E-state index is 13.6. The van der Waals surface area contributed by atoms with Gasteiger partial charge >= 0.3 is 12.2 Å². The van der Waals surface area contributed by atoms with Crippen molar-refractivity contribution in [1.29, 1.82) is 0 Å². The monoisotopic (exact) mass is 466 g/mol. The average molecular weight is 467 g/mol. The SMILES string of the molecule is CC(C)N1CC(=O)N(Cc2ccc(C(F)(F)F)cc2)C2(CCN(C(=O)NC3CCC3)C2)C1=O. The van der Waals surface area contributed by atoms with Crippen molar-refractivity contribution >= 4 is 17.8 Å². The number of urea groups is 1. The summed E-state index contributed by atoms with van der Waals surface area (Å²) in [4.78, 5) is 44.1. The zero-order chi connectivity index (χ0) is 24.0. The van der Waals surface area contributed by atoms with Crippen LogP contribution in [-0.4, -0.2) is 69.8 Å². The molecule has 2 saturated heterocycles. The third-order valence-electron chi connectivity index (χ3n) is 7.00. The molecule has 4 rings (SSSR count). The molecule has 4 amide bonds. The molecule has 33 heavy (non-hydrogen) atoms. The van der Waals surface area contributed by atoms with Gasteiger partial charge in [-0.1, -0.05) is 12.1 Å². The Morgan fingerprint density at radius 3 is 2.39 bits per heavy atom. The van der Waals surface area contributed by atoms with Gasteiger partial charge in [0.05, 0.1) is 12.1 Å². The van der Waals surface area contributed by atoms with Crippen LogP contribution in [0.3, 0.4) is 0 Å². The van der Waals surface area contributed by atoms with Crippen molar-refractivity contribution in [3.05, 3.63) is 35.4 Å². The van der Waals surface area contributed by atoms with E-state index in [1.807, 2.05) is 13.8 Å². The predicted octanol–water partition coefficient (Wildman–Crippen LogP) is 2.99. The summed E-state index contributed by atoms with van der Waals surface area (Å²) in [6, 6.07) is 4.33. The van der Waals surface area contributed by atoms with Crippen molar-refractivity contribution in [3.8, 4) is 0 Å². The third kappa shape index (κ3) is 4.39. The summed E-state index contributed by atoms with van der Waals surface area (Å²) < 4.78 is 38.8. The number of alkyl halides is 3. The second kappa shape index (κ2) is 8.53. The first-order chi connectivity index (χ1) is 15.5. The molecule has 10 heteroatoms. The van der Waals surface area contributed by atoms with Crippen LogP contribution in [0.2, 0.25) is 0 Å². The minimum atomic E-state index is -4.45. The maximum absolute atomic E-state index is 13.6. The molecular formula is C23H29F3N4O3. The molecule has 3 fully saturated rings. The summed E-state index contributed by atoms with van der Waals surface area (Å²) in [6.07, 6.45) is -1.22. The van der Waals surface area contributed by atoms with Gasteiger partial charge in [-0.15, -0.1) is 0 Å². The molecule has 1 unspecified atom stereocenters. The van der Waals surface area contributed by atoms with Crippen LogP contribution in [0.25, 0.3) is 0 Å².